The van der Waals surface area contributed by atoms with Crippen LogP contribution in [0.2, 0.25) is 0 Å². The Balaban J connectivity index is 1.86. The summed E-state index contributed by atoms with van der Waals surface area (Å²) >= 11 is 0. The molecule has 2 heterocycles. The summed E-state index contributed by atoms with van der Waals surface area (Å²) in [6.07, 6.45) is 4.32. The number of nitrogens with zero attached hydrogens (tertiary/aromatic N) is 4. The van der Waals surface area contributed by atoms with Crippen LogP contribution in [-0.4, -0.2) is 48.1 Å². The molecule has 23 heavy (non-hydrogen) atoms. The van der Waals surface area contributed by atoms with E-state index in [4.69, 9.17) is 0 Å². The van der Waals surface area contributed by atoms with Gasteiger partial charge in [0.25, 0.3) is 0 Å². The van der Waals surface area contributed by atoms with Crippen LogP contribution in [0.3, 0.4) is 0 Å². The highest BCUT2D eigenvalue weighted by molar-refractivity contribution is 5.68. The number of aromatic nitrogens is 2. The molecule has 1 aliphatic heterocycles. The second kappa shape index (κ2) is 6.96. The Morgan fingerprint density at radius 3 is 2.61 bits per heavy atom. The second-order valence-corrected chi connectivity index (χ2v) is 6.16. The van der Waals surface area contributed by atoms with Gasteiger partial charge in [0.1, 0.15) is 12.1 Å². The van der Waals surface area contributed by atoms with Crippen molar-refractivity contribution in [3.05, 3.63) is 41.9 Å². The topological polar surface area (TPSA) is 44.3 Å². The summed E-state index contributed by atoms with van der Waals surface area (Å²) in [6, 6.07) is 6.47. The van der Waals surface area contributed by atoms with Crippen LogP contribution in [-0.2, 0) is 6.42 Å². The zero-order chi connectivity index (χ0) is 16.2. The zero-order valence-electron chi connectivity index (χ0n) is 14.2. The van der Waals surface area contributed by atoms with Gasteiger partial charge in [-0.1, -0.05) is 6.92 Å². The molecule has 1 aromatic carbocycles. The minimum Gasteiger partial charge on any atom is -0.369 e. The van der Waals surface area contributed by atoms with Crippen LogP contribution in [0.5, 0.6) is 0 Å². The van der Waals surface area contributed by atoms with Crippen LogP contribution in [0, 0.1) is 6.92 Å². The molecule has 0 atom stereocenters. The molecule has 1 N–H and O–H groups in total. The number of rotatable bonds is 4. The van der Waals surface area contributed by atoms with E-state index in [1.807, 2.05) is 6.07 Å². The minimum absolute atomic E-state index is 0.835. The van der Waals surface area contributed by atoms with Crippen LogP contribution in [0.4, 0.5) is 17.2 Å². The van der Waals surface area contributed by atoms with E-state index in [0.717, 1.165) is 44.1 Å². The molecule has 1 fully saturated rings. The van der Waals surface area contributed by atoms with Crippen molar-refractivity contribution in [3.8, 4) is 0 Å². The van der Waals surface area contributed by atoms with E-state index in [2.05, 4.69) is 58.1 Å². The number of hydrogen-bond acceptors (Lipinski definition) is 5. The van der Waals surface area contributed by atoms with Crippen molar-refractivity contribution in [3.63, 3.8) is 0 Å². The average Bonchev–Trinajstić information content (AvgIpc) is 2.57. The predicted octanol–water partition coefficient (Wildman–Crippen LogP) is 2.84. The minimum atomic E-state index is 0.835. The maximum atomic E-state index is 4.26. The summed E-state index contributed by atoms with van der Waals surface area (Å²) in [5.74, 6) is 0.835. The summed E-state index contributed by atoms with van der Waals surface area (Å²) in [6.45, 7) is 8.84. The van der Waals surface area contributed by atoms with Crippen LogP contribution in [0.1, 0.15) is 18.1 Å². The predicted molar refractivity (Wildman–Crippen MR) is 95.6 cm³/mol. The fraction of sp³-hybridized carbons (Fsp3) is 0.444. The summed E-state index contributed by atoms with van der Waals surface area (Å²) in [4.78, 5) is 13.1. The van der Waals surface area contributed by atoms with E-state index in [0.29, 0.717) is 0 Å². The first kappa shape index (κ1) is 15.7. The highest BCUT2D eigenvalue weighted by Gasteiger charge is 2.17. The fourth-order valence-corrected chi connectivity index (χ4v) is 3.04. The van der Waals surface area contributed by atoms with Crippen molar-refractivity contribution < 1.29 is 0 Å². The zero-order valence-corrected chi connectivity index (χ0v) is 14.2. The molecule has 0 bridgehead atoms. The first-order valence-electron chi connectivity index (χ1n) is 8.27. The second-order valence-electron chi connectivity index (χ2n) is 6.16. The Labute approximate surface area is 138 Å². The molecule has 122 valence electrons. The normalized spacial score (nSPS) is 15.7. The largest absolute Gasteiger partial charge is 0.369 e. The molecule has 0 aliphatic carbocycles. The van der Waals surface area contributed by atoms with Gasteiger partial charge in [0, 0.05) is 43.8 Å². The number of aryl methyl sites for hydroxylation is 2. The van der Waals surface area contributed by atoms with Gasteiger partial charge >= 0.3 is 0 Å². The maximum absolute atomic E-state index is 4.26. The van der Waals surface area contributed by atoms with Gasteiger partial charge in [0.15, 0.2) is 0 Å². The Morgan fingerprint density at radius 2 is 1.96 bits per heavy atom. The van der Waals surface area contributed by atoms with Gasteiger partial charge in [-0.2, -0.15) is 0 Å². The Kier molecular flexibility index (Phi) is 4.76. The third-order valence-electron chi connectivity index (χ3n) is 4.49. The lowest BCUT2D eigenvalue weighted by Crippen LogP contribution is -2.44. The standard InChI is InChI=1S/C18H25N5/c1-4-15-12-17(23-9-7-22(3)8-10-23)14(2)11-16(15)21-18-5-6-19-13-20-18/h5-6,11-13H,4,7-10H2,1-3H3,(H,19,20,21). The highest BCUT2D eigenvalue weighted by Crippen LogP contribution is 2.30. The monoisotopic (exact) mass is 311 g/mol. The van der Waals surface area contributed by atoms with Gasteiger partial charge < -0.3 is 15.1 Å². The van der Waals surface area contributed by atoms with Crippen molar-refractivity contribution in [1.29, 1.82) is 0 Å². The van der Waals surface area contributed by atoms with Crippen LogP contribution < -0.4 is 10.2 Å². The molecule has 1 saturated heterocycles. The van der Waals surface area contributed by atoms with Gasteiger partial charge in [-0.05, 0) is 49.7 Å². The quantitative estimate of drug-likeness (QED) is 0.940. The summed E-state index contributed by atoms with van der Waals surface area (Å²) in [5.41, 5.74) is 5.14. The molecule has 0 amide bonds. The van der Waals surface area contributed by atoms with E-state index in [1.54, 1.807) is 12.5 Å². The lowest BCUT2D eigenvalue weighted by molar-refractivity contribution is 0.312. The molecular weight excluding hydrogens is 286 g/mol. The van der Waals surface area contributed by atoms with Crippen LogP contribution in [0.15, 0.2) is 30.7 Å². The van der Waals surface area contributed by atoms with E-state index in [9.17, 15) is 0 Å². The number of nitrogens with one attached hydrogen (secondary N) is 1. The summed E-state index contributed by atoms with van der Waals surface area (Å²) in [5, 5.41) is 3.42. The van der Waals surface area contributed by atoms with E-state index in [-0.39, 0.29) is 0 Å². The Morgan fingerprint density at radius 1 is 1.17 bits per heavy atom. The third kappa shape index (κ3) is 3.62. The van der Waals surface area contributed by atoms with E-state index < -0.39 is 0 Å². The molecule has 1 aliphatic rings. The van der Waals surface area contributed by atoms with Crippen molar-refractivity contribution in [2.75, 3.05) is 43.4 Å². The summed E-state index contributed by atoms with van der Waals surface area (Å²) in [7, 11) is 2.19. The number of hydrogen-bond donors (Lipinski definition) is 1. The van der Waals surface area contributed by atoms with Crippen LogP contribution in [0.25, 0.3) is 0 Å². The number of anilines is 3. The van der Waals surface area contributed by atoms with Crippen molar-refractivity contribution in [2.24, 2.45) is 0 Å². The molecule has 0 radical (unpaired) electrons. The van der Waals surface area contributed by atoms with Gasteiger partial charge in [-0.3, -0.25) is 0 Å². The molecule has 5 nitrogen and oxygen atoms in total. The number of likely N-dealkylation sites (N-methyl/N-ethyl adjacent to an activating group) is 1. The highest BCUT2D eigenvalue weighted by atomic mass is 15.2. The van der Waals surface area contributed by atoms with Crippen molar-refractivity contribution >= 4 is 17.2 Å². The first-order valence-corrected chi connectivity index (χ1v) is 8.27. The SMILES string of the molecule is CCc1cc(N2CCN(C)CC2)c(C)cc1Nc1ccncn1. The molecular formula is C18H25N5. The maximum Gasteiger partial charge on any atom is 0.133 e. The van der Waals surface area contributed by atoms with Gasteiger partial charge in [-0.25, -0.2) is 9.97 Å². The van der Waals surface area contributed by atoms with Gasteiger partial charge in [0.2, 0.25) is 0 Å². The van der Waals surface area contributed by atoms with Crippen LogP contribution >= 0.6 is 0 Å². The molecule has 1 aromatic heterocycles. The lowest BCUT2D eigenvalue weighted by atomic mass is 10.0. The number of piperazine rings is 1. The lowest BCUT2D eigenvalue weighted by Gasteiger charge is -2.35. The Hall–Kier alpha value is -2.14. The van der Waals surface area contributed by atoms with Gasteiger partial charge in [-0.15, -0.1) is 0 Å². The van der Waals surface area contributed by atoms with E-state index >= 15 is 0 Å². The van der Waals surface area contributed by atoms with Crippen molar-refractivity contribution in [2.45, 2.75) is 20.3 Å². The smallest absolute Gasteiger partial charge is 0.133 e. The van der Waals surface area contributed by atoms with E-state index in [1.165, 1.54) is 16.8 Å². The molecule has 0 saturated carbocycles. The van der Waals surface area contributed by atoms with Crippen molar-refractivity contribution in [1.82, 2.24) is 14.9 Å². The Bertz CT molecular complexity index is 648. The average molecular weight is 311 g/mol. The molecule has 5 heteroatoms. The molecule has 0 spiro atoms. The molecule has 3 rings (SSSR count). The molecule has 0 unspecified atom stereocenters. The third-order valence-corrected chi connectivity index (χ3v) is 4.49. The fourth-order valence-electron chi connectivity index (χ4n) is 3.04. The summed E-state index contributed by atoms with van der Waals surface area (Å²) < 4.78 is 0. The van der Waals surface area contributed by atoms with Gasteiger partial charge in [0.05, 0.1) is 0 Å². The first-order chi connectivity index (χ1) is 11.2. The number of benzene rings is 1. The molecule has 2 aromatic rings.